The van der Waals surface area contributed by atoms with Gasteiger partial charge >= 0.3 is 0 Å². The van der Waals surface area contributed by atoms with Crippen molar-refractivity contribution in [3.8, 4) is 6.07 Å². The summed E-state index contributed by atoms with van der Waals surface area (Å²) in [6.45, 7) is 21.7. The van der Waals surface area contributed by atoms with Gasteiger partial charge < -0.3 is 19.2 Å². The maximum Gasteiger partial charge on any atom is 0.238 e. The van der Waals surface area contributed by atoms with Crippen LogP contribution in [-0.4, -0.2) is 69.4 Å². The molecule has 2 saturated heterocycles. The van der Waals surface area contributed by atoms with Gasteiger partial charge in [-0.1, -0.05) is 82.9 Å². The molecule has 2 fully saturated rings. The molecule has 0 aliphatic carbocycles. The highest BCUT2D eigenvalue weighted by Gasteiger charge is 2.64. The van der Waals surface area contributed by atoms with Crippen LogP contribution >= 0.6 is 23.2 Å². The van der Waals surface area contributed by atoms with E-state index in [0.717, 1.165) is 0 Å². The second-order valence-corrected chi connectivity index (χ2v) is 22.5. The second-order valence-electron chi connectivity index (χ2n) is 16.8. The van der Waals surface area contributed by atoms with Crippen LogP contribution < -0.4 is 5.32 Å². The van der Waals surface area contributed by atoms with Gasteiger partial charge in [-0.15, -0.1) is 0 Å². The van der Waals surface area contributed by atoms with Crippen LogP contribution in [0.5, 0.6) is 0 Å². The highest BCUT2D eigenvalue weighted by molar-refractivity contribution is 6.74. The Labute approximate surface area is 308 Å². The molecular formula is C38H53Cl2F2N3O4Si. The predicted octanol–water partition coefficient (Wildman–Crippen LogP) is 8.99. The van der Waals surface area contributed by atoms with Crippen molar-refractivity contribution < 1.29 is 27.5 Å². The minimum atomic E-state index is -2.23. The third kappa shape index (κ3) is 8.57. The Hall–Kier alpha value is -2.10. The lowest BCUT2D eigenvalue weighted by atomic mass is 9.62. The number of carbonyl (C=O) groups is 1. The highest BCUT2D eigenvalue weighted by atomic mass is 35.5. The Bertz CT molecular complexity index is 1590. The molecule has 5 atom stereocenters. The molecule has 0 saturated carbocycles. The number of nitrogens with one attached hydrogen (secondary N) is 1. The minimum Gasteiger partial charge on any atom is -0.416 e. The summed E-state index contributed by atoms with van der Waals surface area (Å²) in [6, 6.07) is 9.41. The minimum absolute atomic E-state index is 0.0485. The van der Waals surface area contributed by atoms with E-state index in [9.17, 15) is 10.1 Å². The van der Waals surface area contributed by atoms with Gasteiger partial charge in [-0.25, -0.2) is 8.78 Å². The molecule has 4 rings (SSSR count). The summed E-state index contributed by atoms with van der Waals surface area (Å²) in [6.07, 6.45) is 0.639. The monoisotopic (exact) mass is 751 g/mol. The smallest absolute Gasteiger partial charge is 0.238 e. The van der Waals surface area contributed by atoms with E-state index < -0.39 is 55.1 Å². The molecule has 0 bridgehead atoms. The Morgan fingerprint density at radius 1 is 1.14 bits per heavy atom. The third-order valence-electron chi connectivity index (χ3n) is 10.5. The van der Waals surface area contributed by atoms with Gasteiger partial charge in [0.15, 0.2) is 14.1 Å². The van der Waals surface area contributed by atoms with Crippen LogP contribution in [0.2, 0.25) is 28.2 Å². The molecule has 2 aliphatic rings. The van der Waals surface area contributed by atoms with Crippen LogP contribution in [-0.2, 0) is 24.1 Å². The Morgan fingerprint density at radius 3 is 2.38 bits per heavy atom. The fourth-order valence-electron chi connectivity index (χ4n) is 7.10. The first-order valence-electron chi connectivity index (χ1n) is 17.3. The van der Waals surface area contributed by atoms with Gasteiger partial charge in [0.05, 0.1) is 29.8 Å². The number of halogens is 4. The van der Waals surface area contributed by atoms with Crippen LogP contribution in [0.4, 0.5) is 8.78 Å². The Morgan fingerprint density at radius 2 is 1.82 bits per heavy atom. The van der Waals surface area contributed by atoms with Crippen molar-refractivity contribution in [1.29, 1.82) is 5.26 Å². The molecule has 0 radical (unpaired) electrons. The number of hydrogen-bond donors (Lipinski definition) is 1. The number of nitrogens with zero attached hydrogens (tertiary/aromatic N) is 2. The lowest BCUT2D eigenvalue weighted by Crippen LogP contribution is -2.51. The predicted molar refractivity (Wildman–Crippen MR) is 197 cm³/mol. The number of nitriles is 1. The van der Waals surface area contributed by atoms with Crippen LogP contribution in [0.1, 0.15) is 85.3 Å². The molecule has 2 heterocycles. The highest BCUT2D eigenvalue weighted by Crippen LogP contribution is 2.56. The fraction of sp³-hybridized carbons (Fsp3) is 0.632. The summed E-state index contributed by atoms with van der Waals surface area (Å²) in [7, 11) is -2.23. The first-order valence-corrected chi connectivity index (χ1v) is 21.0. The largest absolute Gasteiger partial charge is 0.416 e. The van der Waals surface area contributed by atoms with Crippen molar-refractivity contribution in [1.82, 2.24) is 10.2 Å². The van der Waals surface area contributed by atoms with E-state index in [0.29, 0.717) is 19.4 Å². The molecular weight excluding hydrogens is 699 g/mol. The summed E-state index contributed by atoms with van der Waals surface area (Å²) < 4.78 is 51.0. The second kappa shape index (κ2) is 15.1. The number of hydrogen-bond acceptors (Lipinski definition) is 6. The van der Waals surface area contributed by atoms with Crippen LogP contribution in [0, 0.1) is 28.4 Å². The number of ether oxygens (including phenoxy) is 2. The maximum atomic E-state index is 16.4. The molecule has 0 spiro atoms. The van der Waals surface area contributed by atoms with Crippen molar-refractivity contribution >= 4 is 37.4 Å². The SMILES string of the molecule is CC(C)(C)C[C@@H]1N(CCO[Si](C)(C)C(C)(C)C)[C@@H](C(=O)NCC[C@H]2COC(C)(C)O2)[C@H](c2cccc(Cl)c2F)[C@@]1(C#N)c1ccc(Cl)cc1F. The number of amides is 1. The number of rotatable bonds is 11. The molecule has 1 N–H and O–H groups in total. The first kappa shape index (κ1) is 40.7. The lowest BCUT2D eigenvalue weighted by Gasteiger charge is -2.40. The summed E-state index contributed by atoms with van der Waals surface area (Å²) in [5.74, 6) is -3.74. The quantitative estimate of drug-likeness (QED) is 0.231. The molecule has 0 aromatic heterocycles. The molecule has 2 aliphatic heterocycles. The van der Waals surface area contributed by atoms with E-state index in [-0.39, 0.29) is 57.4 Å². The van der Waals surface area contributed by atoms with Gasteiger partial charge in [-0.05, 0) is 74.0 Å². The van der Waals surface area contributed by atoms with Gasteiger partial charge in [0.1, 0.15) is 17.0 Å². The molecule has 2 aromatic carbocycles. The zero-order chi connectivity index (χ0) is 37.4. The van der Waals surface area contributed by atoms with Crippen LogP contribution in [0.3, 0.4) is 0 Å². The van der Waals surface area contributed by atoms with Crippen molar-refractivity contribution in [3.05, 3.63) is 69.2 Å². The van der Waals surface area contributed by atoms with Crippen LogP contribution in [0.25, 0.3) is 0 Å². The summed E-state index contributed by atoms with van der Waals surface area (Å²) >= 11 is 12.6. The average molecular weight is 753 g/mol. The summed E-state index contributed by atoms with van der Waals surface area (Å²) in [4.78, 5) is 16.7. The Kier molecular flexibility index (Phi) is 12.3. The van der Waals surface area contributed by atoms with Crippen molar-refractivity contribution in [2.24, 2.45) is 5.41 Å². The number of benzene rings is 2. The van der Waals surface area contributed by atoms with Crippen LogP contribution in [0.15, 0.2) is 36.4 Å². The zero-order valence-electron chi connectivity index (χ0n) is 31.1. The van der Waals surface area contributed by atoms with Gasteiger partial charge in [0.2, 0.25) is 5.91 Å². The van der Waals surface area contributed by atoms with Crippen molar-refractivity contribution in [3.63, 3.8) is 0 Å². The van der Waals surface area contributed by atoms with E-state index in [4.69, 9.17) is 37.1 Å². The Balaban J connectivity index is 1.92. The maximum absolute atomic E-state index is 16.4. The normalized spacial score (nSPS) is 25.9. The van der Waals surface area contributed by atoms with E-state index in [1.807, 2.05) is 39.5 Å². The molecule has 276 valence electrons. The summed E-state index contributed by atoms with van der Waals surface area (Å²) in [5, 5.41) is 14.4. The van der Waals surface area contributed by atoms with Gasteiger partial charge in [-0.3, -0.25) is 9.69 Å². The first-order chi connectivity index (χ1) is 23.0. The van der Waals surface area contributed by atoms with Crippen molar-refractivity contribution in [2.75, 3.05) is 26.3 Å². The average Bonchev–Trinajstić information content (AvgIpc) is 3.46. The lowest BCUT2D eigenvalue weighted by molar-refractivity contribution is -0.139. The number of carbonyl (C=O) groups excluding carboxylic acids is 1. The van der Waals surface area contributed by atoms with E-state index >= 15 is 8.78 Å². The van der Waals surface area contributed by atoms with Crippen molar-refractivity contribution in [2.45, 2.75) is 122 Å². The molecule has 2 aromatic rings. The number of likely N-dealkylation sites (tertiary alicyclic amines) is 1. The molecule has 50 heavy (non-hydrogen) atoms. The molecule has 1 amide bonds. The molecule has 12 heteroatoms. The van der Waals surface area contributed by atoms with E-state index in [1.165, 1.54) is 24.3 Å². The van der Waals surface area contributed by atoms with Gasteiger partial charge in [0.25, 0.3) is 0 Å². The zero-order valence-corrected chi connectivity index (χ0v) is 33.6. The summed E-state index contributed by atoms with van der Waals surface area (Å²) in [5.41, 5.74) is -2.01. The van der Waals surface area contributed by atoms with E-state index in [2.05, 4.69) is 45.3 Å². The standard InChI is InChI=1S/C38H53Cl2F2N3O4Si/c1-35(2,3)21-30-38(23-43,27-15-14-24(39)20-29(27)41)31(26-12-11-13-28(40)32(26)42)33(45(30)18-19-48-50(9,10)36(4,5)6)34(46)44-17-16-25-22-47-37(7,8)49-25/h11-15,20,25,30-31,33H,16-19,21-22H2,1-10H3,(H,44,46)/t25-,30-,31-,33+,38-/m0/s1. The third-order valence-corrected chi connectivity index (χ3v) is 15.6. The van der Waals surface area contributed by atoms with E-state index in [1.54, 1.807) is 12.1 Å². The fourth-order valence-corrected chi connectivity index (χ4v) is 8.47. The topological polar surface area (TPSA) is 83.8 Å². The molecule has 7 nitrogen and oxygen atoms in total. The molecule has 0 unspecified atom stereocenters. The van der Waals surface area contributed by atoms with Gasteiger partial charge in [-0.2, -0.15) is 5.26 Å². The van der Waals surface area contributed by atoms with Gasteiger partial charge in [0, 0.05) is 42.2 Å².